The van der Waals surface area contributed by atoms with E-state index in [0.29, 0.717) is 37.2 Å². The molecular formula is C29H29FN2O4. The first kappa shape index (κ1) is 23.1. The molecule has 3 aliphatic rings. The second-order valence-electron chi connectivity index (χ2n) is 10.5. The Bertz CT molecular complexity index is 1360. The summed E-state index contributed by atoms with van der Waals surface area (Å²) < 4.78 is 15.3. The number of aromatic nitrogens is 2. The highest BCUT2D eigenvalue weighted by molar-refractivity contribution is 5.74. The molecule has 3 N–H and O–H groups in total. The van der Waals surface area contributed by atoms with E-state index >= 15 is 0 Å². The van der Waals surface area contributed by atoms with Crippen molar-refractivity contribution in [2.75, 3.05) is 0 Å². The van der Waals surface area contributed by atoms with Crippen LogP contribution in [0.1, 0.15) is 60.6 Å². The van der Waals surface area contributed by atoms with Crippen molar-refractivity contribution in [1.29, 1.82) is 0 Å². The summed E-state index contributed by atoms with van der Waals surface area (Å²) in [5, 5.41) is 36.4. The van der Waals surface area contributed by atoms with Gasteiger partial charge in [0, 0.05) is 5.41 Å². The van der Waals surface area contributed by atoms with Crippen molar-refractivity contribution in [2.45, 2.75) is 56.7 Å². The molecule has 2 fully saturated rings. The summed E-state index contributed by atoms with van der Waals surface area (Å²) in [6.07, 6.45) is 7.75. The first-order valence-corrected chi connectivity index (χ1v) is 12.6. The van der Waals surface area contributed by atoms with Gasteiger partial charge in [-0.25, -0.2) is 13.9 Å². The van der Waals surface area contributed by atoms with Gasteiger partial charge in [-0.15, -0.1) is 0 Å². The Hall–Kier alpha value is -3.29. The number of aryl methyl sites for hydroxylation is 1. The van der Waals surface area contributed by atoms with E-state index in [2.05, 4.69) is 11.2 Å². The summed E-state index contributed by atoms with van der Waals surface area (Å²) >= 11 is 0. The maximum Gasteiger partial charge on any atom is 0.337 e. The standard InChI is InChI=1S/C29H29FN2O4/c30-22-7-9-23(10-8-22)32-25-15-21-12-14-28(36,29(21,20-5-6-20)16-19(25)17-31-32)13-11-18-3-1-2-4-24(18)26(33)27(34)35/h1-4,7-10,15,17,20,26,33,36H,5-6,11-14,16H2,(H,34,35)/t26?,28-,29-/m1/s1. The number of aliphatic carboxylic acids is 1. The van der Waals surface area contributed by atoms with Crippen LogP contribution >= 0.6 is 0 Å². The van der Waals surface area contributed by atoms with Crippen molar-refractivity contribution in [2.24, 2.45) is 11.3 Å². The van der Waals surface area contributed by atoms with Gasteiger partial charge in [-0.05, 0) is 97.9 Å². The highest BCUT2D eigenvalue weighted by atomic mass is 19.1. The minimum atomic E-state index is -1.58. The molecule has 1 heterocycles. The van der Waals surface area contributed by atoms with Crippen LogP contribution in [0.2, 0.25) is 0 Å². The van der Waals surface area contributed by atoms with E-state index in [9.17, 15) is 24.5 Å². The molecule has 0 saturated heterocycles. The number of halogens is 1. The van der Waals surface area contributed by atoms with E-state index in [0.717, 1.165) is 41.8 Å². The molecule has 3 aliphatic carbocycles. The topological polar surface area (TPSA) is 95.6 Å². The van der Waals surface area contributed by atoms with Gasteiger partial charge in [0.25, 0.3) is 0 Å². The molecule has 1 unspecified atom stereocenters. The maximum absolute atomic E-state index is 13.5. The molecule has 2 aromatic carbocycles. The summed E-state index contributed by atoms with van der Waals surface area (Å²) in [7, 11) is 0. The average molecular weight is 489 g/mol. The Morgan fingerprint density at radius 1 is 1.17 bits per heavy atom. The fourth-order valence-electron chi connectivity index (χ4n) is 6.71. The highest BCUT2D eigenvalue weighted by Crippen LogP contribution is 2.66. The minimum Gasteiger partial charge on any atom is -0.479 e. The maximum atomic E-state index is 13.5. The number of hydrogen-bond donors (Lipinski definition) is 3. The Labute approximate surface area is 208 Å². The minimum absolute atomic E-state index is 0.288. The van der Waals surface area contributed by atoms with Crippen LogP contribution in [0.5, 0.6) is 0 Å². The molecule has 0 aliphatic heterocycles. The van der Waals surface area contributed by atoms with Crippen molar-refractivity contribution in [3.05, 3.63) is 88.5 Å². The summed E-state index contributed by atoms with van der Waals surface area (Å²) in [5.41, 5.74) is 3.97. The van der Waals surface area contributed by atoms with Crippen molar-refractivity contribution in [1.82, 2.24) is 9.78 Å². The Morgan fingerprint density at radius 3 is 2.64 bits per heavy atom. The summed E-state index contributed by atoms with van der Waals surface area (Å²) in [5.74, 6) is -1.16. The fourth-order valence-corrected chi connectivity index (χ4v) is 6.71. The molecule has 6 rings (SSSR count). The van der Waals surface area contributed by atoms with Crippen molar-refractivity contribution < 1.29 is 24.5 Å². The SMILES string of the molecule is O=C(O)C(O)c1ccccc1CC[C@@]1(O)CCC2=Cc3c(cnn3-c3ccc(F)cc3)C[C@@]21C1CC1. The van der Waals surface area contributed by atoms with E-state index in [1.165, 1.54) is 17.7 Å². The van der Waals surface area contributed by atoms with Crippen LogP contribution in [0.4, 0.5) is 4.39 Å². The van der Waals surface area contributed by atoms with E-state index in [-0.39, 0.29) is 11.2 Å². The predicted octanol–water partition coefficient (Wildman–Crippen LogP) is 4.62. The molecule has 0 spiro atoms. The number of carboxylic acid groups (broad SMARTS) is 1. The summed E-state index contributed by atoms with van der Waals surface area (Å²) in [6.45, 7) is 0. The monoisotopic (exact) mass is 488 g/mol. The van der Waals surface area contributed by atoms with Gasteiger partial charge in [0.1, 0.15) is 5.82 Å². The van der Waals surface area contributed by atoms with Gasteiger partial charge in [0.2, 0.25) is 0 Å². The van der Waals surface area contributed by atoms with E-state index in [1.807, 2.05) is 23.0 Å². The number of nitrogens with zero attached hydrogens (tertiary/aromatic N) is 2. The third-order valence-corrected chi connectivity index (χ3v) is 8.61. The van der Waals surface area contributed by atoms with Crippen LogP contribution < -0.4 is 0 Å². The van der Waals surface area contributed by atoms with Crippen LogP contribution in [-0.4, -0.2) is 36.7 Å². The first-order chi connectivity index (χ1) is 17.3. The number of carboxylic acids is 1. The lowest BCUT2D eigenvalue weighted by atomic mass is 9.61. The van der Waals surface area contributed by atoms with Crippen LogP contribution in [0.3, 0.4) is 0 Å². The highest BCUT2D eigenvalue weighted by Gasteiger charge is 2.63. The summed E-state index contributed by atoms with van der Waals surface area (Å²) in [4.78, 5) is 11.4. The molecule has 0 bridgehead atoms. The Kier molecular flexibility index (Phi) is 5.39. The molecule has 36 heavy (non-hydrogen) atoms. The lowest BCUT2D eigenvalue weighted by molar-refractivity contribution is -0.147. The van der Waals surface area contributed by atoms with E-state index < -0.39 is 17.7 Å². The molecule has 7 heteroatoms. The summed E-state index contributed by atoms with van der Waals surface area (Å²) in [6, 6.07) is 13.4. The molecule has 186 valence electrons. The molecule has 0 amide bonds. The van der Waals surface area contributed by atoms with Crippen LogP contribution in [0, 0.1) is 17.2 Å². The van der Waals surface area contributed by atoms with Gasteiger partial charge in [-0.1, -0.05) is 29.8 Å². The number of fused-ring (bicyclic) bond motifs is 2. The number of benzene rings is 2. The third kappa shape index (κ3) is 3.52. The van der Waals surface area contributed by atoms with E-state index in [1.54, 1.807) is 24.3 Å². The quantitative estimate of drug-likeness (QED) is 0.451. The Morgan fingerprint density at radius 2 is 1.92 bits per heavy atom. The van der Waals surface area contributed by atoms with Gasteiger partial charge in [0.05, 0.1) is 23.2 Å². The second kappa shape index (κ2) is 8.39. The molecular weight excluding hydrogens is 459 g/mol. The van der Waals surface area contributed by atoms with Crippen LogP contribution in [0.15, 0.2) is 60.3 Å². The lowest BCUT2D eigenvalue weighted by Crippen LogP contribution is -2.49. The van der Waals surface area contributed by atoms with Gasteiger partial charge in [-0.2, -0.15) is 5.10 Å². The number of rotatable bonds is 7. The zero-order valence-electron chi connectivity index (χ0n) is 19.9. The molecule has 2 saturated carbocycles. The predicted molar refractivity (Wildman–Crippen MR) is 132 cm³/mol. The smallest absolute Gasteiger partial charge is 0.337 e. The lowest BCUT2D eigenvalue weighted by Gasteiger charge is -2.46. The van der Waals surface area contributed by atoms with Crippen molar-refractivity contribution in [3.8, 4) is 5.69 Å². The third-order valence-electron chi connectivity index (χ3n) is 8.61. The number of carbonyl (C=O) groups is 1. The molecule has 3 aromatic rings. The zero-order chi connectivity index (χ0) is 25.1. The van der Waals surface area contributed by atoms with Crippen molar-refractivity contribution >= 4 is 12.0 Å². The zero-order valence-corrected chi connectivity index (χ0v) is 19.9. The first-order valence-electron chi connectivity index (χ1n) is 12.6. The normalized spacial score (nSPS) is 25.7. The molecule has 1 aromatic heterocycles. The number of aliphatic hydroxyl groups is 2. The number of aliphatic hydroxyl groups excluding tert-OH is 1. The van der Waals surface area contributed by atoms with Gasteiger partial charge in [-0.3, -0.25) is 0 Å². The van der Waals surface area contributed by atoms with Crippen molar-refractivity contribution in [3.63, 3.8) is 0 Å². The average Bonchev–Trinajstić information content (AvgIpc) is 3.60. The number of hydrogen-bond acceptors (Lipinski definition) is 4. The molecule has 3 atom stereocenters. The van der Waals surface area contributed by atoms with Gasteiger partial charge in [0.15, 0.2) is 6.10 Å². The fraction of sp³-hybridized carbons (Fsp3) is 0.379. The van der Waals surface area contributed by atoms with Gasteiger partial charge >= 0.3 is 5.97 Å². The second-order valence-corrected chi connectivity index (χ2v) is 10.5. The van der Waals surface area contributed by atoms with Crippen LogP contribution in [0.25, 0.3) is 11.8 Å². The Balaban J connectivity index is 1.33. The molecule has 0 radical (unpaired) electrons. The van der Waals surface area contributed by atoms with Gasteiger partial charge < -0.3 is 15.3 Å². The molecule has 6 nitrogen and oxygen atoms in total. The van der Waals surface area contributed by atoms with Crippen LogP contribution in [-0.2, 0) is 17.6 Å². The van der Waals surface area contributed by atoms with E-state index in [4.69, 9.17) is 0 Å². The largest absolute Gasteiger partial charge is 0.479 e.